The first-order valence-electron chi connectivity index (χ1n) is 32.4. The van der Waals surface area contributed by atoms with Crippen LogP contribution in [0, 0.1) is 56.0 Å². The molecule has 0 spiro atoms. The molecule has 6 aromatic rings. The molecule has 3 aromatic heterocycles. The number of hydrogen-bond acceptors (Lipinski definition) is 14. The zero-order valence-corrected chi connectivity index (χ0v) is 59.3. The number of hydrogen-bond donors (Lipinski definition) is 2. The monoisotopic (exact) mass is 1420 g/mol. The Kier molecular flexibility index (Phi) is 26.8. The molecule has 12 rings (SSSR count). The van der Waals surface area contributed by atoms with E-state index in [1.54, 1.807) is 72.1 Å². The summed E-state index contributed by atoms with van der Waals surface area (Å²) in [6, 6.07) is 13.7. The Morgan fingerprint density at radius 3 is 1.01 bits per heavy atom. The molecule has 29 heteroatoms. The molecule has 3 amide bonds. The molecule has 6 heterocycles. The van der Waals surface area contributed by atoms with Gasteiger partial charge >= 0.3 is 65.7 Å². The van der Waals surface area contributed by atoms with Crippen molar-refractivity contribution < 1.29 is 106 Å². The number of rotatable bonds is 13. The van der Waals surface area contributed by atoms with E-state index in [-0.39, 0.29) is 109 Å². The summed E-state index contributed by atoms with van der Waals surface area (Å²) >= 11 is 17.6. The van der Waals surface area contributed by atoms with Crippen molar-refractivity contribution in [2.24, 2.45) is 17.8 Å². The van der Waals surface area contributed by atoms with Crippen molar-refractivity contribution >= 4 is 71.0 Å². The minimum atomic E-state index is -0.783. The molecular formula is C68H80Cl3F3N9NaO13. The molecule has 3 N–H and O–H groups in total. The Morgan fingerprint density at radius 1 is 0.474 bits per heavy atom. The number of carbonyl (C=O) groups excluding carboxylic acids is 4. The van der Waals surface area contributed by atoms with E-state index in [9.17, 15) is 41.9 Å². The van der Waals surface area contributed by atoms with Crippen LogP contribution in [0.5, 0.6) is 0 Å². The minimum Gasteiger partial charge on any atom is -0.870 e. The van der Waals surface area contributed by atoms with Crippen LogP contribution in [0.4, 0.5) is 27.6 Å². The zero-order valence-electron chi connectivity index (χ0n) is 55.1. The second kappa shape index (κ2) is 34.3. The van der Waals surface area contributed by atoms with Crippen molar-refractivity contribution in [1.82, 2.24) is 44.0 Å². The molecule has 3 aromatic carbocycles. The van der Waals surface area contributed by atoms with Crippen molar-refractivity contribution in [3.8, 4) is 0 Å². The molecule has 0 atom stereocenters. The van der Waals surface area contributed by atoms with Gasteiger partial charge in [-0.2, -0.15) is 15.3 Å². The van der Waals surface area contributed by atoms with Gasteiger partial charge in [0, 0.05) is 51.4 Å². The van der Waals surface area contributed by atoms with E-state index in [0.29, 0.717) is 174 Å². The normalized spacial score (nSPS) is 20.3. The second-order valence-corrected chi connectivity index (χ2v) is 26.5. The molecule has 0 saturated heterocycles. The van der Waals surface area contributed by atoms with Gasteiger partial charge in [0.15, 0.2) is 0 Å². The van der Waals surface area contributed by atoms with Crippen LogP contribution in [0.25, 0.3) is 0 Å². The summed E-state index contributed by atoms with van der Waals surface area (Å²) in [5, 5.41) is 33.0. The predicted octanol–water partition coefficient (Wildman–Crippen LogP) is 9.82. The molecule has 6 aliphatic rings. The fourth-order valence-electron chi connectivity index (χ4n) is 13.5. The maximum absolute atomic E-state index is 14.3. The van der Waals surface area contributed by atoms with Crippen molar-refractivity contribution in [1.29, 1.82) is 0 Å². The van der Waals surface area contributed by atoms with Crippen molar-refractivity contribution in [3.05, 3.63) is 155 Å². The minimum absolute atomic E-state index is 0. The molecule has 3 saturated carbocycles. The van der Waals surface area contributed by atoms with Gasteiger partial charge in [-0.1, -0.05) is 53.0 Å². The fraction of sp³-hybridized carbons (Fsp3) is 0.515. The van der Waals surface area contributed by atoms with Gasteiger partial charge < -0.3 is 49.3 Å². The third kappa shape index (κ3) is 19.1. The Balaban J connectivity index is 0.000000184. The number of nitrogens with zero attached hydrogens (tertiary/aromatic N) is 9. The number of carboxylic acid groups (broad SMARTS) is 2. The largest absolute Gasteiger partial charge is 1.00 e. The molecule has 518 valence electrons. The van der Waals surface area contributed by atoms with Gasteiger partial charge in [0.05, 0.1) is 97.8 Å². The van der Waals surface area contributed by atoms with Gasteiger partial charge in [-0.25, -0.2) is 27.6 Å². The molecule has 0 radical (unpaired) electrons. The number of fused-ring (bicyclic) bond motifs is 3. The number of carbonyl (C=O) groups is 6. The van der Waals surface area contributed by atoms with Crippen molar-refractivity contribution in [2.45, 2.75) is 182 Å². The smallest absolute Gasteiger partial charge is 0.870 e. The van der Waals surface area contributed by atoms with E-state index in [4.69, 9.17) is 64.0 Å². The quantitative estimate of drug-likeness (QED) is 0.0618. The van der Waals surface area contributed by atoms with Crippen LogP contribution in [0.1, 0.15) is 152 Å². The Morgan fingerprint density at radius 2 is 0.753 bits per heavy atom. The van der Waals surface area contributed by atoms with Gasteiger partial charge in [-0.15, -0.1) is 0 Å². The van der Waals surface area contributed by atoms with Gasteiger partial charge in [0.1, 0.15) is 35.8 Å². The summed E-state index contributed by atoms with van der Waals surface area (Å²) in [6.07, 6.45) is 7.14. The molecule has 3 fully saturated rings. The molecule has 97 heavy (non-hydrogen) atoms. The maximum Gasteiger partial charge on any atom is 1.00 e. The summed E-state index contributed by atoms with van der Waals surface area (Å²) in [5.41, 5.74) is 10.0. The first-order chi connectivity index (χ1) is 45.5. The Hall–Kier alpha value is -6.87. The number of aromatic nitrogens is 6. The Labute approximate surface area is 597 Å². The van der Waals surface area contributed by atoms with Crippen LogP contribution < -0.4 is 29.6 Å². The molecular weight excluding hydrogens is 1340 g/mol. The van der Waals surface area contributed by atoms with Gasteiger partial charge in [0.2, 0.25) is 0 Å². The first-order valence-corrected chi connectivity index (χ1v) is 33.6. The van der Waals surface area contributed by atoms with Crippen molar-refractivity contribution in [2.75, 3.05) is 26.2 Å². The summed E-state index contributed by atoms with van der Waals surface area (Å²) in [5.74, 6) is -3.69. The van der Waals surface area contributed by atoms with Crippen LogP contribution in [0.15, 0.2) is 54.6 Å². The number of esters is 1. The van der Waals surface area contributed by atoms with E-state index in [1.807, 2.05) is 20.8 Å². The molecule has 0 bridgehead atoms. The first kappa shape index (κ1) is 75.9. The van der Waals surface area contributed by atoms with E-state index in [0.717, 1.165) is 50.9 Å². The van der Waals surface area contributed by atoms with Crippen molar-refractivity contribution in [3.63, 3.8) is 0 Å². The second-order valence-electron chi connectivity index (χ2n) is 25.2. The number of aliphatic carboxylic acids is 2. The molecule has 22 nitrogen and oxygen atoms in total. The van der Waals surface area contributed by atoms with Crippen LogP contribution in [0.2, 0.25) is 15.1 Å². The third-order valence-corrected chi connectivity index (χ3v) is 19.6. The van der Waals surface area contributed by atoms with E-state index in [1.165, 1.54) is 18.2 Å². The molecule has 3 aliphatic heterocycles. The molecule has 3 aliphatic carbocycles. The number of aryl methyl sites for hydroxylation is 3. The van der Waals surface area contributed by atoms with E-state index >= 15 is 0 Å². The topological polar surface area (TPSA) is 273 Å². The summed E-state index contributed by atoms with van der Waals surface area (Å²) in [7, 11) is 0. The standard InChI is InChI=1S/C24H29ClFN3O4.2C22H25ClFN3O4.Na.H2O/c1-3-32-23(30)16-5-8-19(9-6-16)33-24(31)28-11-10-20-15(2)27-29(22(20)14-28)13-17-4-7-18(25)12-21(17)26;2*1-13-18-8-9-26(22(30)31-17-6-3-14(4-7-17)21(28)29)12-20(18)27(25-13)11-15-2-5-16(23)10-19(15)24;;/h4,7,12,16,19H,3,5-6,8-11,13-14H2,1-2H3;2*2,5,10,14,17H,3-4,6-9,11-12H2,1H3,(H,28,29);;1H2/q;;;+1;/p-1. The number of amides is 3. The van der Waals surface area contributed by atoms with Crippen LogP contribution in [-0.2, 0) is 91.9 Å². The van der Waals surface area contributed by atoms with Gasteiger partial charge in [0.25, 0.3) is 0 Å². The number of halogens is 6. The van der Waals surface area contributed by atoms with Gasteiger partial charge in [-0.05, 0) is 177 Å². The summed E-state index contributed by atoms with van der Waals surface area (Å²) in [4.78, 5) is 77.4. The van der Waals surface area contributed by atoms with E-state index in [2.05, 4.69) is 15.3 Å². The number of ether oxygens (including phenoxy) is 4. The third-order valence-electron chi connectivity index (χ3n) is 18.9. The summed E-state index contributed by atoms with van der Waals surface area (Å²) < 4.78 is 70.3. The maximum atomic E-state index is 14.3. The Bertz CT molecular complexity index is 3650. The van der Waals surface area contributed by atoms with Crippen LogP contribution in [-0.4, -0.2) is 140 Å². The number of benzene rings is 3. The van der Waals surface area contributed by atoms with Gasteiger partial charge in [-0.3, -0.25) is 28.4 Å². The predicted molar refractivity (Wildman–Crippen MR) is 345 cm³/mol. The SMILES string of the molecule is CCOC(=O)C1CCC(OC(=O)N2CCc3c(C)nn(Cc4ccc(Cl)cc4F)c3C2)CC1.Cc1nn(Cc2ccc(Cl)cc2F)c2c1CCN(C(=O)OC1CCC(C(=O)O)CC1)C2.Cc1nn(Cc2ccc(Cl)cc2F)c2c1CCN(C(=O)OC1CCC(C(=O)O)CC1)C2.[Na+].[OH-]. The number of carboxylic acids is 2. The van der Waals surface area contributed by atoms with Crippen LogP contribution >= 0.6 is 34.8 Å². The molecule has 0 unspecified atom stereocenters. The van der Waals surface area contributed by atoms with E-state index < -0.39 is 35.8 Å². The van der Waals surface area contributed by atoms with Crippen LogP contribution in [0.3, 0.4) is 0 Å². The summed E-state index contributed by atoms with van der Waals surface area (Å²) in [6.45, 7) is 11.4. The average Bonchev–Trinajstić information content (AvgIpc) is 1.67. The average molecular weight is 1420 g/mol. The zero-order chi connectivity index (χ0) is 67.8. The fourth-order valence-corrected chi connectivity index (χ4v) is 14.0.